The lowest BCUT2D eigenvalue weighted by Crippen LogP contribution is -2.40. The third-order valence-electron chi connectivity index (χ3n) is 3.87. The summed E-state index contributed by atoms with van der Waals surface area (Å²) >= 11 is 1.18. The summed E-state index contributed by atoms with van der Waals surface area (Å²) in [4.78, 5) is 36.1. The molecule has 6 heteroatoms. The molecule has 0 aromatic heterocycles. The molecular weight excluding hydrogens is 326 g/mol. The molecule has 0 aliphatic carbocycles. The molecule has 0 bridgehead atoms. The Labute approximate surface area is 145 Å². The second-order valence-electron chi connectivity index (χ2n) is 5.81. The van der Waals surface area contributed by atoms with Gasteiger partial charge in [0, 0.05) is 25.6 Å². The van der Waals surface area contributed by atoms with Crippen molar-refractivity contribution in [2.45, 2.75) is 32.7 Å². The lowest BCUT2D eigenvalue weighted by molar-refractivity contribution is -0.146. The zero-order valence-corrected chi connectivity index (χ0v) is 14.6. The van der Waals surface area contributed by atoms with E-state index in [0.717, 1.165) is 16.7 Å². The van der Waals surface area contributed by atoms with Crippen LogP contribution in [0.2, 0.25) is 0 Å². The van der Waals surface area contributed by atoms with Crippen molar-refractivity contribution in [1.82, 2.24) is 4.90 Å². The first kappa shape index (κ1) is 18.3. The Morgan fingerprint density at radius 3 is 2.50 bits per heavy atom. The summed E-state index contributed by atoms with van der Waals surface area (Å²) < 4.78 is 0. The van der Waals surface area contributed by atoms with E-state index in [2.05, 4.69) is 0 Å². The molecule has 128 valence electrons. The fourth-order valence-electron chi connectivity index (χ4n) is 2.60. The highest BCUT2D eigenvalue weighted by Crippen LogP contribution is 2.26. The summed E-state index contributed by atoms with van der Waals surface area (Å²) in [7, 11) is 0. The van der Waals surface area contributed by atoms with Gasteiger partial charge in [-0.2, -0.15) is 0 Å². The van der Waals surface area contributed by atoms with Crippen LogP contribution < -0.4 is 0 Å². The van der Waals surface area contributed by atoms with Gasteiger partial charge >= 0.3 is 5.97 Å². The predicted molar refractivity (Wildman–Crippen MR) is 94.7 cm³/mol. The molecule has 1 aromatic rings. The topological polar surface area (TPSA) is 74.7 Å². The van der Waals surface area contributed by atoms with Gasteiger partial charge in [-0.3, -0.25) is 9.59 Å². The molecule has 1 aliphatic heterocycles. The minimum absolute atomic E-state index is 0.0235. The number of nitrogens with zero attached hydrogens (tertiary/aromatic N) is 1. The lowest BCUT2D eigenvalue weighted by atomic mass is 10.0. The maximum Gasteiger partial charge on any atom is 0.330 e. The molecule has 0 fully saturated rings. The normalized spacial score (nSPS) is 16.8. The third-order valence-corrected chi connectivity index (χ3v) is 4.77. The molecule has 1 amide bonds. The largest absolute Gasteiger partial charge is 0.479 e. The number of thioether (sulfide) groups is 1. The quantitative estimate of drug-likeness (QED) is 0.801. The van der Waals surface area contributed by atoms with Crippen LogP contribution in [0.4, 0.5) is 0 Å². The number of aryl methyl sites for hydroxylation is 1. The lowest BCUT2D eigenvalue weighted by Gasteiger charge is -2.21. The Bertz CT molecular complexity index is 666. The molecule has 0 saturated heterocycles. The number of carbonyl (C=O) groups excluding carboxylic acids is 2. The molecule has 1 aromatic carbocycles. The highest BCUT2D eigenvalue weighted by molar-refractivity contribution is 8.13. The van der Waals surface area contributed by atoms with Crippen molar-refractivity contribution < 1.29 is 19.5 Å². The standard InChI is InChI=1S/C18H21NO4S/c1-12-5-7-14(8-6-12)15-10-16(18(22)23)19(11-15)17(21)4-3-9-24-13(2)20/h5-8,10,16H,3-4,9,11H2,1-2H3,(H,22,23)/t16-/m0/s1. The van der Waals surface area contributed by atoms with Gasteiger partial charge in [-0.1, -0.05) is 41.6 Å². The molecule has 1 heterocycles. The number of rotatable bonds is 6. The fourth-order valence-corrected chi connectivity index (χ4v) is 3.18. The average Bonchev–Trinajstić information content (AvgIpc) is 2.97. The summed E-state index contributed by atoms with van der Waals surface area (Å²) in [6, 6.07) is 6.90. The van der Waals surface area contributed by atoms with E-state index in [4.69, 9.17) is 0 Å². The molecule has 1 N–H and O–H groups in total. The van der Waals surface area contributed by atoms with Crippen LogP contribution in [-0.2, 0) is 14.4 Å². The second-order valence-corrected chi connectivity index (χ2v) is 7.08. The number of amides is 1. The van der Waals surface area contributed by atoms with E-state index in [0.29, 0.717) is 18.7 Å². The summed E-state index contributed by atoms with van der Waals surface area (Å²) in [6.45, 7) is 3.78. The van der Waals surface area contributed by atoms with Crippen molar-refractivity contribution in [3.05, 3.63) is 41.5 Å². The molecule has 2 rings (SSSR count). The van der Waals surface area contributed by atoms with Crippen molar-refractivity contribution in [3.8, 4) is 0 Å². The first-order chi connectivity index (χ1) is 11.4. The van der Waals surface area contributed by atoms with Crippen LogP contribution in [0.15, 0.2) is 30.3 Å². The molecule has 5 nitrogen and oxygen atoms in total. The number of hydrogen-bond acceptors (Lipinski definition) is 4. The molecule has 24 heavy (non-hydrogen) atoms. The smallest absolute Gasteiger partial charge is 0.330 e. The molecule has 0 unspecified atom stereocenters. The van der Waals surface area contributed by atoms with Gasteiger partial charge in [0.1, 0.15) is 6.04 Å². The van der Waals surface area contributed by atoms with Gasteiger partial charge in [0.05, 0.1) is 0 Å². The summed E-state index contributed by atoms with van der Waals surface area (Å²) in [5.41, 5.74) is 2.92. The Hall–Kier alpha value is -2.08. The summed E-state index contributed by atoms with van der Waals surface area (Å²) in [5, 5.41) is 9.42. The number of aliphatic carboxylic acids is 1. The van der Waals surface area contributed by atoms with E-state index < -0.39 is 12.0 Å². The number of carboxylic acid groups (broad SMARTS) is 1. The molecular formula is C18H21NO4S. The van der Waals surface area contributed by atoms with Gasteiger partial charge in [0.25, 0.3) is 0 Å². The van der Waals surface area contributed by atoms with Crippen molar-refractivity contribution in [3.63, 3.8) is 0 Å². The van der Waals surface area contributed by atoms with Gasteiger partial charge in [-0.05, 0) is 30.6 Å². The average molecular weight is 347 g/mol. The predicted octanol–water partition coefficient (Wildman–Crippen LogP) is 2.73. The minimum atomic E-state index is -1.02. The van der Waals surface area contributed by atoms with Crippen molar-refractivity contribution in [1.29, 1.82) is 0 Å². The van der Waals surface area contributed by atoms with Gasteiger partial charge in [-0.15, -0.1) is 0 Å². The zero-order chi connectivity index (χ0) is 17.7. The Kier molecular flexibility index (Phi) is 6.20. The van der Waals surface area contributed by atoms with Crippen LogP contribution >= 0.6 is 11.8 Å². The molecule has 0 saturated carbocycles. The van der Waals surface area contributed by atoms with E-state index in [-0.39, 0.29) is 17.4 Å². The Morgan fingerprint density at radius 2 is 1.92 bits per heavy atom. The van der Waals surface area contributed by atoms with Crippen LogP contribution in [0.3, 0.4) is 0 Å². The summed E-state index contributed by atoms with van der Waals surface area (Å²) in [5.74, 6) is -0.640. The zero-order valence-electron chi connectivity index (χ0n) is 13.8. The van der Waals surface area contributed by atoms with Crippen LogP contribution in [0, 0.1) is 6.92 Å². The minimum Gasteiger partial charge on any atom is -0.479 e. The number of hydrogen-bond donors (Lipinski definition) is 1. The van der Waals surface area contributed by atoms with Crippen LogP contribution in [0.25, 0.3) is 5.57 Å². The SMILES string of the molecule is CC(=O)SCCCC(=O)N1CC(c2ccc(C)cc2)=C[C@H]1C(=O)O. The first-order valence-corrected chi connectivity index (χ1v) is 8.80. The van der Waals surface area contributed by atoms with Crippen LogP contribution in [-0.4, -0.2) is 45.3 Å². The highest BCUT2D eigenvalue weighted by atomic mass is 32.2. The van der Waals surface area contributed by atoms with Gasteiger partial charge in [0.2, 0.25) is 5.91 Å². The highest BCUT2D eigenvalue weighted by Gasteiger charge is 2.33. The monoisotopic (exact) mass is 347 g/mol. The van der Waals surface area contributed by atoms with E-state index in [9.17, 15) is 19.5 Å². The van der Waals surface area contributed by atoms with Crippen molar-refractivity contribution in [2.75, 3.05) is 12.3 Å². The van der Waals surface area contributed by atoms with E-state index in [1.807, 2.05) is 31.2 Å². The number of carboxylic acids is 1. The molecule has 1 atom stereocenters. The van der Waals surface area contributed by atoms with Gasteiger partial charge in [0.15, 0.2) is 5.12 Å². The molecule has 0 spiro atoms. The Morgan fingerprint density at radius 1 is 1.25 bits per heavy atom. The van der Waals surface area contributed by atoms with E-state index in [1.165, 1.54) is 23.6 Å². The Balaban J connectivity index is 2.03. The first-order valence-electron chi connectivity index (χ1n) is 7.82. The maximum absolute atomic E-state index is 12.4. The van der Waals surface area contributed by atoms with Crippen LogP contribution in [0.1, 0.15) is 30.9 Å². The van der Waals surface area contributed by atoms with E-state index >= 15 is 0 Å². The fraction of sp³-hybridized carbons (Fsp3) is 0.389. The van der Waals surface area contributed by atoms with Crippen LogP contribution in [0.5, 0.6) is 0 Å². The number of carbonyl (C=O) groups is 3. The van der Waals surface area contributed by atoms with Gasteiger partial charge in [-0.25, -0.2) is 4.79 Å². The third kappa shape index (κ3) is 4.71. The second kappa shape index (κ2) is 8.15. The maximum atomic E-state index is 12.4. The van der Waals surface area contributed by atoms with Crippen molar-refractivity contribution >= 4 is 34.3 Å². The van der Waals surface area contributed by atoms with Crippen molar-refractivity contribution in [2.24, 2.45) is 0 Å². The van der Waals surface area contributed by atoms with E-state index in [1.54, 1.807) is 6.08 Å². The summed E-state index contributed by atoms with van der Waals surface area (Å²) in [6.07, 6.45) is 2.46. The molecule has 0 radical (unpaired) electrons. The molecule has 1 aliphatic rings. The van der Waals surface area contributed by atoms with Gasteiger partial charge < -0.3 is 10.0 Å². The number of benzene rings is 1.